The predicted molar refractivity (Wildman–Crippen MR) is 100 cm³/mol. The summed E-state index contributed by atoms with van der Waals surface area (Å²) in [5.41, 5.74) is 1.72. The zero-order chi connectivity index (χ0) is 16.5. The number of hydrogen-bond donors (Lipinski definition) is 0. The highest BCUT2D eigenvalue weighted by Gasteiger charge is 2.13. The van der Waals surface area contributed by atoms with Crippen LogP contribution < -0.4 is 5.56 Å². The van der Waals surface area contributed by atoms with Crippen molar-refractivity contribution >= 4 is 26.7 Å². The highest BCUT2D eigenvalue weighted by atomic mass is 79.9. The van der Waals surface area contributed by atoms with Gasteiger partial charge in [-0.25, -0.2) is 4.98 Å². The lowest BCUT2D eigenvalue weighted by Crippen LogP contribution is -2.21. The molecule has 0 aliphatic rings. The quantitative estimate of drug-likeness (QED) is 0.502. The Labute approximate surface area is 147 Å². The molecule has 0 N–H and O–H groups in total. The van der Waals surface area contributed by atoms with Crippen LogP contribution in [-0.2, 0) is 0 Å². The summed E-state index contributed by atoms with van der Waals surface area (Å²) in [4.78, 5) is 17.5. The average Bonchev–Trinajstić information content (AvgIpc) is 2.63. The molecule has 0 aliphatic heterocycles. The summed E-state index contributed by atoms with van der Waals surface area (Å²) in [5.74, 6) is 0.617. The largest absolute Gasteiger partial charge is 0.268 e. The van der Waals surface area contributed by atoms with Crippen molar-refractivity contribution in [3.63, 3.8) is 0 Å². The van der Waals surface area contributed by atoms with Gasteiger partial charge in [-0.2, -0.15) is 0 Å². The van der Waals surface area contributed by atoms with Crippen molar-refractivity contribution in [2.24, 2.45) is 0 Å². The normalized spacial score (nSPS) is 10.9. The van der Waals surface area contributed by atoms with Crippen LogP contribution >= 0.6 is 15.9 Å². The molecule has 0 aliphatic carbocycles. The van der Waals surface area contributed by atoms with Crippen LogP contribution in [0.5, 0.6) is 0 Å². The van der Waals surface area contributed by atoms with Crippen LogP contribution in [0.1, 0.15) is 0 Å². The molecule has 116 valence electrons. The average molecular weight is 377 g/mol. The Morgan fingerprint density at radius 2 is 1.62 bits per heavy atom. The molecule has 4 rings (SSSR count). The van der Waals surface area contributed by atoms with Gasteiger partial charge in [0.1, 0.15) is 5.82 Å². The fourth-order valence-electron chi connectivity index (χ4n) is 2.81. The van der Waals surface area contributed by atoms with Gasteiger partial charge in [0.25, 0.3) is 5.56 Å². The van der Waals surface area contributed by atoms with E-state index in [9.17, 15) is 4.79 Å². The van der Waals surface area contributed by atoms with E-state index >= 15 is 0 Å². The van der Waals surface area contributed by atoms with Crippen LogP contribution in [0.25, 0.3) is 27.8 Å². The molecule has 3 nitrogen and oxygen atoms in total. The monoisotopic (exact) mass is 376 g/mol. The number of hydrogen-bond acceptors (Lipinski definition) is 2. The molecule has 0 atom stereocenters. The number of aromatic nitrogens is 2. The number of nitrogens with zero attached hydrogens (tertiary/aromatic N) is 2. The maximum atomic E-state index is 13.1. The van der Waals surface area contributed by atoms with Crippen molar-refractivity contribution in [3.8, 4) is 17.1 Å². The Kier molecular flexibility index (Phi) is 3.75. The fraction of sp³-hybridized carbons (Fsp3) is 0. The van der Waals surface area contributed by atoms with Crippen LogP contribution in [0.2, 0.25) is 0 Å². The lowest BCUT2D eigenvalue weighted by molar-refractivity contribution is 0.963. The van der Waals surface area contributed by atoms with Gasteiger partial charge in [-0.3, -0.25) is 9.36 Å². The van der Waals surface area contributed by atoms with Crippen LogP contribution in [0.4, 0.5) is 0 Å². The smallest absolute Gasteiger partial charge is 0.264 e. The topological polar surface area (TPSA) is 34.9 Å². The minimum absolute atomic E-state index is 0.0651. The van der Waals surface area contributed by atoms with Gasteiger partial charge in [0.2, 0.25) is 0 Å². The third-order valence-electron chi connectivity index (χ3n) is 3.95. The second-order valence-corrected chi connectivity index (χ2v) is 6.37. The first-order valence-electron chi connectivity index (χ1n) is 7.56. The number of rotatable bonds is 2. The third-order valence-corrected chi connectivity index (χ3v) is 4.47. The van der Waals surface area contributed by atoms with E-state index in [4.69, 9.17) is 0 Å². The van der Waals surface area contributed by atoms with Gasteiger partial charge in [0.05, 0.1) is 5.69 Å². The Morgan fingerprint density at radius 3 is 2.38 bits per heavy atom. The first kappa shape index (κ1) is 14.8. The van der Waals surface area contributed by atoms with Gasteiger partial charge in [0, 0.05) is 16.1 Å². The molecule has 2 aromatic carbocycles. The summed E-state index contributed by atoms with van der Waals surface area (Å²) in [6.07, 6.45) is 1.70. The van der Waals surface area contributed by atoms with E-state index in [1.54, 1.807) is 10.8 Å². The first-order chi connectivity index (χ1) is 11.7. The van der Waals surface area contributed by atoms with Gasteiger partial charge in [0.15, 0.2) is 0 Å². The second kappa shape index (κ2) is 6.06. The maximum Gasteiger partial charge on any atom is 0.264 e. The minimum Gasteiger partial charge on any atom is -0.268 e. The van der Waals surface area contributed by atoms with Gasteiger partial charge in [-0.15, -0.1) is 0 Å². The molecule has 2 aromatic heterocycles. The van der Waals surface area contributed by atoms with Crippen molar-refractivity contribution in [1.82, 2.24) is 9.55 Å². The molecule has 0 bridgehead atoms. The molecule has 0 saturated carbocycles. The Balaban J connectivity index is 2.11. The Hall–Kier alpha value is -2.72. The highest BCUT2D eigenvalue weighted by Crippen LogP contribution is 2.25. The van der Waals surface area contributed by atoms with E-state index in [0.29, 0.717) is 11.2 Å². The minimum atomic E-state index is -0.0651. The van der Waals surface area contributed by atoms with Gasteiger partial charge in [-0.05, 0) is 47.3 Å². The van der Waals surface area contributed by atoms with Crippen LogP contribution in [0.15, 0.2) is 88.3 Å². The molecule has 4 aromatic rings. The van der Waals surface area contributed by atoms with Crippen molar-refractivity contribution in [3.05, 3.63) is 93.8 Å². The Bertz CT molecular complexity index is 1070. The highest BCUT2D eigenvalue weighted by molar-refractivity contribution is 9.10. The molecule has 0 spiro atoms. The lowest BCUT2D eigenvalue weighted by Gasteiger charge is -2.14. The van der Waals surface area contributed by atoms with Gasteiger partial charge in [-0.1, -0.05) is 52.3 Å². The standard InChI is InChI=1S/C20H13BrN2O/c21-16-10-8-14(9-11-16)18-13-15-5-1-2-6-17(15)20(24)23(18)19-7-3-4-12-22-19/h1-13H. The van der Waals surface area contributed by atoms with Crippen LogP contribution in [-0.4, -0.2) is 9.55 Å². The van der Waals surface area contributed by atoms with Gasteiger partial charge < -0.3 is 0 Å². The van der Waals surface area contributed by atoms with Crippen LogP contribution in [0.3, 0.4) is 0 Å². The summed E-state index contributed by atoms with van der Waals surface area (Å²) in [7, 11) is 0. The molecule has 0 radical (unpaired) electrons. The maximum absolute atomic E-state index is 13.1. The molecular weight excluding hydrogens is 364 g/mol. The van der Waals surface area contributed by atoms with E-state index in [-0.39, 0.29) is 5.56 Å². The number of benzene rings is 2. The summed E-state index contributed by atoms with van der Waals surface area (Å²) in [5, 5.41) is 1.61. The molecule has 0 fully saturated rings. The van der Waals surface area contributed by atoms with E-state index in [1.807, 2.05) is 72.8 Å². The molecule has 4 heteroatoms. The summed E-state index contributed by atoms with van der Waals surface area (Å²) < 4.78 is 2.67. The van der Waals surface area contributed by atoms with E-state index in [1.165, 1.54) is 0 Å². The Morgan fingerprint density at radius 1 is 0.875 bits per heavy atom. The number of pyridine rings is 2. The summed E-state index contributed by atoms with van der Waals surface area (Å²) in [6.45, 7) is 0. The van der Waals surface area contributed by atoms with E-state index < -0.39 is 0 Å². The van der Waals surface area contributed by atoms with E-state index in [0.717, 1.165) is 21.1 Å². The molecule has 0 saturated heterocycles. The van der Waals surface area contributed by atoms with Crippen molar-refractivity contribution in [2.75, 3.05) is 0 Å². The second-order valence-electron chi connectivity index (χ2n) is 5.45. The predicted octanol–water partition coefficient (Wildman–Crippen LogP) is 4.82. The SMILES string of the molecule is O=c1c2ccccc2cc(-c2ccc(Br)cc2)n1-c1ccccn1. The van der Waals surface area contributed by atoms with Crippen molar-refractivity contribution in [2.45, 2.75) is 0 Å². The molecular formula is C20H13BrN2O. The summed E-state index contributed by atoms with van der Waals surface area (Å²) in [6, 6.07) is 23.2. The van der Waals surface area contributed by atoms with Gasteiger partial charge >= 0.3 is 0 Å². The first-order valence-corrected chi connectivity index (χ1v) is 8.35. The molecule has 24 heavy (non-hydrogen) atoms. The zero-order valence-corrected chi connectivity index (χ0v) is 14.3. The van der Waals surface area contributed by atoms with Crippen LogP contribution in [0, 0.1) is 0 Å². The zero-order valence-electron chi connectivity index (χ0n) is 12.7. The third kappa shape index (κ3) is 2.55. The molecule has 0 unspecified atom stereocenters. The fourth-order valence-corrected chi connectivity index (χ4v) is 3.07. The lowest BCUT2D eigenvalue weighted by atomic mass is 10.1. The molecule has 0 amide bonds. The van der Waals surface area contributed by atoms with E-state index in [2.05, 4.69) is 20.9 Å². The van der Waals surface area contributed by atoms with Crippen molar-refractivity contribution < 1.29 is 0 Å². The molecule has 2 heterocycles. The number of halogens is 1. The summed E-state index contributed by atoms with van der Waals surface area (Å²) >= 11 is 3.45. The number of fused-ring (bicyclic) bond motifs is 1. The van der Waals surface area contributed by atoms with Crippen molar-refractivity contribution in [1.29, 1.82) is 0 Å².